The maximum Gasteiger partial charge on any atom is 0.305 e. The molecule has 0 amide bonds. The molecule has 0 radical (unpaired) electrons. The van der Waals surface area contributed by atoms with E-state index in [-0.39, 0.29) is 5.97 Å². The van der Waals surface area contributed by atoms with Crippen molar-refractivity contribution >= 4 is 5.97 Å². The third kappa shape index (κ3) is 7.70. The third-order valence-electron chi connectivity index (χ3n) is 3.61. The molecule has 0 heterocycles. The molecule has 3 heteroatoms. The molecule has 1 unspecified atom stereocenters. The first-order chi connectivity index (χ1) is 8.29. The lowest BCUT2D eigenvalue weighted by Crippen LogP contribution is -2.39. The van der Waals surface area contributed by atoms with Crippen molar-refractivity contribution in [2.24, 2.45) is 5.41 Å². The Balaban J connectivity index is 3.64. The lowest BCUT2D eigenvalue weighted by molar-refractivity contribution is -0.143. The Hall–Kier alpha value is -0.570. The SMILES string of the molecule is CCOC(=O)CCCCCN(C)C(C)C(C)(C)C. The molecule has 0 aromatic rings. The lowest BCUT2D eigenvalue weighted by Gasteiger charge is -2.35. The summed E-state index contributed by atoms with van der Waals surface area (Å²) in [5.41, 5.74) is 0.319. The Labute approximate surface area is 113 Å². The maximum absolute atomic E-state index is 11.1. The second-order valence-electron chi connectivity index (χ2n) is 6.14. The Morgan fingerprint density at radius 3 is 2.33 bits per heavy atom. The molecule has 0 aromatic carbocycles. The average molecular weight is 257 g/mol. The van der Waals surface area contributed by atoms with E-state index in [1.807, 2.05) is 6.92 Å². The van der Waals surface area contributed by atoms with Crippen molar-refractivity contribution in [3.8, 4) is 0 Å². The average Bonchev–Trinajstić information content (AvgIpc) is 2.26. The van der Waals surface area contributed by atoms with Crippen LogP contribution in [0.3, 0.4) is 0 Å². The molecular formula is C15H31NO2. The minimum Gasteiger partial charge on any atom is -0.466 e. The molecule has 0 aliphatic carbocycles. The molecule has 108 valence electrons. The summed E-state index contributed by atoms with van der Waals surface area (Å²) in [4.78, 5) is 13.6. The number of hydrogen-bond donors (Lipinski definition) is 0. The highest BCUT2D eigenvalue weighted by molar-refractivity contribution is 5.69. The molecule has 0 N–H and O–H groups in total. The van der Waals surface area contributed by atoms with Crippen molar-refractivity contribution in [1.82, 2.24) is 4.90 Å². The van der Waals surface area contributed by atoms with Gasteiger partial charge in [0.1, 0.15) is 0 Å². The fraction of sp³-hybridized carbons (Fsp3) is 0.933. The van der Waals surface area contributed by atoms with Crippen molar-refractivity contribution in [2.75, 3.05) is 20.2 Å². The standard InChI is InChI=1S/C15H31NO2/c1-7-18-14(17)11-9-8-10-12-16(6)13(2)15(3,4)5/h13H,7-12H2,1-6H3. The van der Waals surface area contributed by atoms with Crippen LogP contribution in [0.15, 0.2) is 0 Å². The molecular weight excluding hydrogens is 226 g/mol. The number of hydrogen-bond acceptors (Lipinski definition) is 3. The zero-order valence-corrected chi connectivity index (χ0v) is 13.1. The predicted molar refractivity (Wildman–Crippen MR) is 76.6 cm³/mol. The van der Waals surface area contributed by atoms with E-state index in [4.69, 9.17) is 4.74 Å². The minimum atomic E-state index is -0.0612. The summed E-state index contributed by atoms with van der Waals surface area (Å²) in [6.07, 6.45) is 3.75. The summed E-state index contributed by atoms with van der Waals surface area (Å²) in [7, 11) is 2.18. The smallest absolute Gasteiger partial charge is 0.305 e. The first kappa shape index (κ1) is 17.4. The fourth-order valence-corrected chi connectivity index (χ4v) is 1.90. The summed E-state index contributed by atoms with van der Waals surface area (Å²) in [5.74, 6) is -0.0612. The van der Waals surface area contributed by atoms with Crippen LogP contribution in [0.1, 0.15) is 60.3 Å². The monoisotopic (exact) mass is 257 g/mol. The predicted octanol–water partition coefficient (Wildman–Crippen LogP) is 3.48. The summed E-state index contributed by atoms with van der Waals surface area (Å²) in [6, 6.07) is 0.572. The van der Waals surface area contributed by atoms with E-state index >= 15 is 0 Å². The number of ether oxygens (including phenoxy) is 1. The molecule has 3 nitrogen and oxygen atoms in total. The van der Waals surface area contributed by atoms with E-state index in [9.17, 15) is 4.79 Å². The number of rotatable bonds is 8. The van der Waals surface area contributed by atoms with Gasteiger partial charge in [-0.15, -0.1) is 0 Å². The number of nitrogens with zero attached hydrogens (tertiary/aromatic N) is 1. The van der Waals surface area contributed by atoms with E-state index in [2.05, 4.69) is 39.6 Å². The van der Waals surface area contributed by atoms with Crippen molar-refractivity contribution in [2.45, 2.75) is 66.3 Å². The highest BCUT2D eigenvalue weighted by atomic mass is 16.5. The second kappa shape index (κ2) is 8.52. The highest BCUT2D eigenvalue weighted by Crippen LogP contribution is 2.23. The van der Waals surface area contributed by atoms with Gasteiger partial charge in [-0.1, -0.05) is 27.2 Å². The number of carbonyl (C=O) groups is 1. The van der Waals surface area contributed by atoms with Gasteiger partial charge in [-0.2, -0.15) is 0 Å². The van der Waals surface area contributed by atoms with Crippen molar-refractivity contribution < 1.29 is 9.53 Å². The zero-order valence-electron chi connectivity index (χ0n) is 13.1. The van der Waals surface area contributed by atoms with E-state index < -0.39 is 0 Å². The summed E-state index contributed by atoms with van der Waals surface area (Å²) in [5, 5.41) is 0. The molecule has 18 heavy (non-hydrogen) atoms. The van der Waals surface area contributed by atoms with Gasteiger partial charge >= 0.3 is 5.97 Å². The van der Waals surface area contributed by atoms with Gasteiger partial charge in [-0.05, 0) is 45.7 Å². The minimum absolute atomic E-state index is 0.0612. The van der Waals surface area contributed by atoms with Crippen molar-refractivity contribution in [3.05, 3.63) is 0 Å². The largest absolute Gasteiger partial charge is 0.466 e. The van der Waals surface area contributed by atoms with Crippen LogP contribution in [0.4, 0.5) is 0 Å². The van der Waals surface area contributed by atoms with Crippen LogP contribution in [0.25, 0.3) is 0 Å². The van der Waals surface area contributed by atoms with Gasteiger partial charge < -0.3 is 9.64 Å². The summed E-state index contributed by atoms with van der Waals surface area (Å²) in [6.45, 7) is 12.5. The van der Waals surface area contributed by atoms with Gasteiger partial charge in [0.2, 0.25) is 0 Å². The van der Waals surface area contributed by atoms with E-state index in [0.717, 1.165) is 25.8 Å². The van der Waals surface area contributed by atoms with Gasteiger partial charge in [0, 0.05) is 12.5 Å². The third-order valence-corrected chi connectivity index (χ3v) is 3.61. The van der Waals surface area contributed by atoms with Crippen LogP contribution in [0, 0.1) is 5.41 Å². The molecule has 0 saturated heterocycles. The Morgan fingerprint density at radius 2 is 1.83 bits per heavy atom. The number of unbranched alkanes of at least 4 members (excludes halogenated alkanes) is 2. The van der Waals surface area contributed by atoms with Gasteiger partial charge in [-0.3, -0.25) is 4.79 Å². The quantitative estimate of drug-likeness (QED) is 0.492. The van der Waals surface area contributed by atoms with Crippen LogP contribution in [0.5, 0.6) is 0 Å². The molecule has 0 aromatic heterocycles. The Bertz CT molecular complexity index is 233. The van der Waals surface area contributed by atoms with Gasteiger partial charge in [0.15, 0.2) is 0 Å². The van der Waals surface area contributed by atoms with Crippen LogP contribution >= 0.6 is 0 Å². The van der Waals surface area contributed by atoms with E-state index in [1.165, 1.54) is 0 Å². The molecule has 0 fully saturated rings. The second-order valence-corrected chi connectivity index (χ2v) is 6.14. The molecule has 1 atom stereocenters. The van der Waals surface area contributed by atoms with Crippen molar-refractivity contribution in [1.29, 1.82) is 0 Å². The zero-order chi connectivity index (χ0) is 14.2. The summed E-state index contributed by atoms with van der Waals surface area (Å²) >= 11 is 0. The van der Waals surface area contributed by atoms with Gasteiger partial charge in [-0.25, -0.2) is 0 Å². The van der Waals surface area contributed by atoms with E-state index in [0.29, 0.717) is 24.5 Å². The maximum atomic E-state index is 11.1. The van der Waals surface area contributed by atoms with Crippen LogP contribution in [-0.2, 0) is 9.53 Å². The molecule has 0 spiro atoms. The number of carbonyl (C=O) groups excluding carboxylic acids is 1. The molecule has 0 bridgehead atoms. The van der Waals surface area contributed by atoms with Crippen LogP contribution in [0.2, 0.25) is 0 Å². The fourth-order valence-electron chi connectivity index (χ4n) is 1.90. The van der Waals surface area contributed by atoms with Crippen LogP contribution in [-0.4, -0.2) is 37.1 Å². The molecule has 0 rings (SSSR count). The normalized spacial score (nSPS) is 13.7. The Morgan fingerprint density at radius 1 is 1.22 bits per heavy atom. The van der Waals surface area contributed by atoms with Gasteiger partial charge in [0.05, 0.1) is 6.61 Å². The first-order valence-corrected chi connectivity index (χ1v) is 7.15. The number of esters is 1. The summed E-state index contributed by atoms with van der Waals surface area (Å²) < 4.78 is 4.90. The van der Waals surface area contributed by atoms with Crippen LogP contribution < -0.4 is 0 Å². The van der Waals surface area contributed by atoms with E-state index in [1.54, 1.807) is 0 Å². The van der Waals surface area contributed by atoms with Crippen molar-refractivity contribution in [3.63, 3.8) is 0 Å². The topological polar surface area (TPSA) is 29.5 Å². The Kier molecular flexibility index (Phi) is 8.25. The van der Waals surface area contributed by atoms with Gasteiger partial charge in [0.25, 0.3) is 0 Å². The first-order valence-electron chi connectivity index (χ1n) is 7.15. The molecule has 0 aliphatic heterocycles. The molecule has 0 aliphatic rings. The lowest BCUT2D eigenvalue weighted by atomic mass is 9.87. The highest BCUT2D eigenvalue weighted by Gasteiger charge is 2.23. The molecule has 0 saturated carbocycles.